The summed E-state index contributed by atoms with van der Waals surface area (Å²) in [5, 5.41) is 0. The third kappa shape index (κ3) is 3.22. The fourth-order valence-corrected chi connectivity index (χ4v) is 2.32. The van der Waals surface area contributed by atoms with E-state index >= 15 is 0 Å². The molecule has 0 aromatic carbocycles. The average Bonchev–Trinajstić information content (AvgIpc) is 2.65. The van der Waals surface area contributed by atoms with Crippen LogP contribution in [0.1, 0.15) is 34.6 Å². The van der Waals surface area contributed by atoms with Gasteiger partial charge in [0.15, 0.2) is 0 Å². The SMILES string of the molecule is CCN(CCN)c1cc(B2OC(C)(C)C(C)(C)O2)ccn1. The first-order valence-corrected chi connectivity index (χ1v) is 7.57. The summed E-state index contributed by atoms with van der Waals surface area (Å²) in [5.41, 5.74) is 5.99. The maximum atomic E-state index is 6.09. The number of nitrogens with two attached hydrogens (primary N) is 1. The third-order valence-electron chi connectivity index (χ3n) is 4.40. The van der Waals surface area contributed by atoms with Gasteiger partial charge in [0.2, 0.25) is 0 Å². The standard InChI is InChI=1S/C15H26BN3O2/c1-6-19(10-8-17)13-11-12(7-9-18-13)16-20-14(2,3)15(4,5)21-16/h7,9,11H,6,8,10,17H2,1-5H3. The van der Waals surface area contributed by atoms with Crippen LogP contribution in [0.3, 0.4) is 0 Å². The summed E-state index contributed by atoms with van der Waals surface area (Å²) in [6.07, 6.45) is 1.80. The lowest BCUT2D eigenvalue weighted by Gasteiger charge is -2.32. The predicted molar refractivity (Wildman–Crippen MR) is 86.9 cm³/mol. The zero-order valence-corrected chi connectivity index (χ0v) is 13.7. The molecule has 21 heavy (non-hydrogen) atoms. The van der Waals surface area contributed by atoms with Gasteiger partial charge >= 0.3 is 7.12 Å². The molecule has 1 aliphatic heterocycles. The van der Waals surface area contributed by atoms with E-state index < -0.39 is 0 Å². The van der Waals surface area contributed by atoms with E-state index in [1.54, 1.807) is 6.20 Å². The molecule has 0 atom stereocenters. The quantitative estimate of drug-likeness (QED) is 0.825. The summed E-state index contributed by atoms with van der Waals surface area (Å²) in [4.78, 5) is 6.58. The van der Waals surface area contributed by atoms with Crippen molar-refractivity contribution < 1.29 is 9.31 Å². The summed E-state index contributed by atoms with van der Waals surface area (Å²) in [7, 11) is -0.353. The van der Waals surface area contributed by atoms with Crippen LogP contribution in [0.5, 0.6) is 0 Å². The molecule has 1 aliphatic rings. The molecule has 0 unspecified atom stereocenters. The van der Waals surface area contributed by atoms with Crippen molar-refractivity contribution in [3.8, 4) is 0 Å². The van der Waals surface area contributed by atoms with E-state index in [0.717, 1.165) is 24.4 Å². The van der Waals surface area contributed by atoms with Gasteiger partial charge in [-0.1, -0.05) is 0 Å². The number of rotatable bonds is 5. The minimum absolute atomic E-state index is 0.331. The van der Waals surface area contributed by atoms with Crippen LogP contribution in [-0.2, 0) is 9.31 Å². The maximum Gasteiger partial charge on any atom is 0.495 e. The molecule has 0 amide bonds. The van der Waals surface area contributed by atoms with Gasteiger partial charge < -0.3 is 19.9 Å². The number of pyridine rings is 1. The molecule has 6 heteroatoms. The lowest BCUT2D eigenvalue weighted by atomic mass is 9.79. The van der Waals surface area contributed by atoms with Gasteiger partial charge in [-0.05, 0) is 52.2 Å². The van der Waals surface area contributed by atoms with E-state index in [9.17, 15) is 0 Å². The molecule has 2 rings (SSSR count). The summed E-state index contributed by atoms with van der Waals surface area (Å²) < 4.78 is 12.2. The minimum Gasteiger partial charge on any atom is -0.399 e. The molecule has 0 aliphatic carbocycles. The Hall–Kier alpha value is -1.11. The van der Waals surface area contributed by atoms with Crippen LogP contribution in [0, 0.1) is 0 Å². The molecule has 2 heterocycles. The summed E-state index contributed by atoms with van der Waals surface area (Å²) in [5.74, 6) is 0.912. The van der Waals surface area contributed by atoms with E-state index in [-0.39, 0.29) is 18.3 Å². The fraction of sp³-hybridized carbons (Fsp3) is 0.667. The molecule has 0 bridgehead atoms. The van der Waals surface area contributed by atoms with Gasteiger partial charge in [-0.2, -0.15) is 0 Å². The number of hydrogen-bond donors (Lipinski definition) is 1. The molecule has 5 nitrogen and oxygen atoms in total. The maximum absolute atomic E-state index is 6.09. The molecule has 2 N–H and O–H groups in total. The second-order valence-corrected chi connectivity index (χ2v) is 6.40. The van der Waals surface area contributed by atoms with Crippen LogP contribution in [-0.4, -0.2) is 42.9 Å². The van der Waals surface area contributed by atoms with E-state index in [0.29, 0.717) is 6.54 Å². The van der Waals surface area contributed by atoms with Crippen LogP contribution in [0.15, 0.2) is 18.3 Å². The normalized spacial score (nSPS) is 19.8. The van der Waals surface area contributed by atoms with Crippen molar-refractivity contribution >= 4 is 18.4 Å². The molecule has 0 radical (unpaired) electrons. The molecular weight excluding hydrogens is 265 g/mol. The van der Waals surface area contributed by atoms with E-state index in [1.807, 2.05) is 12.1 Å². The highest BCUT2D eigenvalue weighted by Crippen LogP contribution is 2.36. The van der Waals surface area contributed by atoms with Crippen LogP contribution in [0.2, 0.25) is 0 Å². The Labute approximate surface area is 128 Å². The fourth-order valence-electron chi connectivity index (χ4n) is 2.32. The molecule has 116 valence electrons. The number of anilines is 1. The molecular formula is C15H26BN3O2. The van der Waals surface area contributed by atoms with E-state index in [4.69, 9.17) is 15.0 Å². The van der Waals surface area contributed by atoms with Crippen molar-refractivity contribution in [2.45, 2.75) is 45.8 Å². The van der Waals surface area contributed by atoms with Crippen molar-refractivity contribution in [1.29, 1.82) is 0 Å². The first-order valence-electron chi connectivity index (χ1n) is 7.57. The van der Waals surface area contributed by atoms with Gasteiger partial charge in [-0.25, -0.2) is 4.98 Å². The number of nitrogens with zero attached hydrogens (tertiary/aromatic N) is 2. The van der Waals surface area contributed by atoms with Crippen molar-refractivity contribution in [2.24, 2.45) is 5.73 Å². The van der Waals surface area contributed by atoms with Gasteiger partial charge in [0.1, 0.15) is 5.82 Å². The lowest BCUT2D eigenvalue weighted by molar-refractivity contribution is 0.00578. The molecule has 1 aromatic rings. The van der Waals surface area contributed by atoms with Gasteiger partial charge in [-0.15, -0.1) is 0 Å². The largest absolute Gasteiger partial charge is 0.495 e. The van der Waals surface area contributed by atoms with Crippen LogP contribution in [0.4, 0.5) is 5.82 Å². The summed E-state index contributed by atoms with van der Waals surface area (Å²) in [6, 6.07) is 3.98. The Morgan fingerprint density at radius 1 is 1.24 bits per heavy atom. The van der Waals surface area contributed by atoms with Crippen molar-refractivity contribution in [2.75, 3.05) is 24.5 Å². The first-order chi connectivity index (χ1) is 9.80. The molecule has 0 saturated carbocycles. The van der Waals surface area contributed by atoms with E-state index in [2.05, 4.69) is 44.5 Å². The molecule has 1 saturated heterocycles. The average molecular weight is 291 g/mol. The number of likely N-dealkylation sites (N-methyl/N-ethyl adjacent to an activating group) is 1. The Balaban J connectivity index is 2.23. The van der Waals surface area contributed by atoms with Crippen LogP contribution < -0.4 is 16.1 Å². The Bertz CT molecular complexity index is 478. The summed E-state index contributed by atoms with van der Waals surface area (Å²) in [6.45, 7) is 12.6. The van der Waals surface area contributed by atoms with Gasteiger partial charge in [0.25, 0.3) is 0 Å². The van der Waals surface area contributed by atoms with Crippen molar-refractivity contribution in [1.82, 2.24) is 4.98 Å². The Morgan fingerprint density at radius 2 is 1.86 bits per heavy atom. The second-order valence-electron chi connectivity index (χ2n) is 6.40. The summed E-state index contributed by atoms with van der Waals surface area (Å²) >= 11 is 0. The van der Waals surface area contributed by atoms with Crippen molar-refractivity contribution in [3.05, 3.63) is 18.3 Å². The molecule has 1 fully saturated rings. The number of hydrogen-bond acceptors (Lipinski definition) is 5. The monoisotopic (exact) mass is 291 g/mol. The number of aromatic nitrogens is 1. The topological polar surface area (TPSA) is 60.6 Å². The Morgan fingerprint density at radius 3 is 2.38 bits per heavy atom. The highest BCUT2D eigenvalue weighted by Gasteiger charge is 2.51. The zero-order valence-electron chi connectivity index (χ0n) is 13.7. The minimum atomic E-state index is -0.353. The van der Waals surface area contributed by atoms with Crippen LogP contribution >= 0.6 is 0 Å². The van der Waals surface area contributed by atoms with Crippen molar-refractivity contribution in [3.63, 3.8) is 0 Å². The van der Waals surface area contributed by atoms with Gasteiger partial charge in [0, 0.05) is 25.8 Å². The predicted octanol–water partition coefficient (Wildman–Crippen LogP) is 1.17. The van der Waals surface area contributed by atoms with Gasteiger partial charge in [0.05, 0.1) is 11.2 Å². The van der Waals surface area contributed by atoms with Crippen LogP contribution in [0.25, 0.3) is 0 Å². The lowest BCUT2D eigenvalue weighted by Crippen LogP contribution is -2.41. The Kier molecular flexibility index (Phi) is 4.61. The molecule has 1 aromatic heterocycles. The molecule has 0 spiro atoms. The van der Waals surface area contributed by atoms with Gasteiger partial charge in [-0.3, -0.25) is 0 Å². The third-order valence-corrected chi connectivity index (χ3v) is 4.40. The highest BCUT2D eigenvalue weighted by molar-refractivity contribution is 6.62. The first kappa shape index (κ1) is 16.3. The smallest absolute Gasteiger partial charge is 0.399 e. The zero-order chi connectivity index (χ0) is 15.7. The highest BCUT2D eigenvalue weighted by atomic mass is 16.7. The van der Waals surface area contributed by atoms with E-state index in [1.165, 1.54) is 0 Å². The second kappa shape index (κ2) is 5.95.